The van der Waals surface area contributed by atoms with Crippen molar-refractivity contribution in [2.75, 3.05) is 13.1 Å². The van der Waals surface area contributed by atoms with Gasteiger partial charge in [-0.05, 0) is 17.0 Å². The van der Waals surface area contributed by atoms with Gasteiger partial charge in [0.2, 0.25) is 11.8 Å². The Kier molecular flexibility index (Phi) is 11.1. The summed E-state index contributed by atoms with van der Waals surface area (Å²) in [6.45, 7) is 3.21. The second kappa shape index (κ2) is 14.3. The van der Waals surface area contributed by atoms with Gasteiger partial charge in [-0.2, -0.15) is 0 Å². The van der Waals surface area contributed by atoms with Crippen molar-refractivity contribution in [3.8, 4) is 0 Å². The van der Waals surface area contributed by atoms with E-state index in [9.17, 15) is 19.2 Å². The molecule has 3 N–H and O–H groups in total. The second-order valence-corrected chi connectivity index (χ2v) is 7.72. The van der Waals surface area contributed by atoms with Crippen molar-refractivity contribution < 1.29 is 28.7 Å². The van der Waals surface area contributed by atoms with Gasteiger partial charge >= 0.3 is 12.1 Å². The van der Waals surface area contributed by atoms with Gasteiger partial charge in [-0.3, -0.25) is 9.59 Å². The van der Waals surface area contributed by atoms with Crippen LogP contribution in [0.25, 0.3) is 0 Å². The number of amides is 3. The van der Waals surface area contributed by atoms with E-state index in [1.54, 1.807) is 0 Å². The zero-order valence-electron chi connectivity index (χ0n) is 19.4. The molecule has 0 heterocycles. The number of benzene rings is 2. The lowest BCUT2D eigenvalue weighted by Crippen LogP contribution is -2.50. The molecule has 9 heteroatoms. The molecule has 0 aliphatic heterocycles. The molecule has 2 aromatic carbocycles. The fraction of sp³-hybridized carbons (Fsp3) is 0.360. The molecule has 3 amide bonds. The molecule has 2 aromatic rings. The molecule has 0 saturated carbocycles. The van der Waals surface area contributed by atoms with Crippen LogP contribution >= 0.6 is 0 Å². The summed E-state index contributed by atoms with van der Waals surface area (Å²) >= 11 is 0. The molecule has 34 heavy (non-hydrogen) atoms. The SMILES string of the molecule is CC[C@H](C)[C@@H](NC(=O)CNC(=O)CNC(=O)OCc1ccccc1)C(=O)OCc1ccccc1. The molecule has 0 fully saturated rings. The zero-order chi connectivity index (χ0) is 24.8. The van der Waals surface area contributed by atoms with E-state index in [1.807, 2.05) is 74.5 Å². The highest BCUT2D eigenvalue weighted by atomic mass is 16.5. The maximum atomic E-state index is 12.5. The van der Waals surface area contributed by atoms with Crippen LogP contribution < -0.4 is 16.0 Å². The van der Waals surface area contributed by atoms with Gasteiger partial charge in [0.1, 0.15) is 25.8 Å². The summed E-state index contributed by atoms with van der Waals surface area (Å²) in [4.78, 5) is 48.5. The lowest BCUT2D eigenvalue weighted by Gasteiger charge is -2.23. The second-order valence-electron chi connectivity index (χ2n) is 7.72. The lowest BCUT2D eigenvalue weighted by atomic mass is 9.99. The quantitative estimate of drug-likeness (QED) is 0.410. The first-order valence-electron chi connectivity index (χ1n) is 11.1. The first-order chi connectivity index (χ1) is 16.4. The van der Waals surface area contributed by atoms with E-state index in [-0.39, 0.29) is 32.2 Å². The van der Waals surface area contributed by atoms with Crippen molar-refractivity contribution in [1.82, 2.24) is 16.0 Å². The van der Waals surface area contributed by atoms with Crippen LogP contribution in [0.1, 0.15) is 31.4 Å². The summed E-state index contributed by atoms with van der Waals surface area (Å²) in [7, 11) is 0. The number of carbonyl (C=O) groups excluding carboxylic acids is 4. The van der Waals surface area contributed by atoms with Crippen LogP contribution in [-0.4, -0.2) is 43.0 Å². The average molecular weight is 470 g/mol. The summed E-state index contributed by atoms with van der Waals surface area (Å²) in [6.07, 6.45) is -0.103. The Bertz CT molecular complexity index is 936. The van der Waals surface area contributed by atoms with Crippen molar-refractivity contribution in [2.24, 2.45) is 5.92 Å². The minimum absolute atomic E-state index is 0.0775. The molecule has 182 valence electrons. The van der Waals surface area contributed by atoms with Gasteiger partial charge in [0.05, 0.1) is 6.54 Å². The van der Waals surface area contributed by atoms with Gasteiger partial charge in [0.15, 0.2) is 0 Å². The Morgan fingerprint density at radius 3 is 1.85 bits per heavy atom. The van der Waals surface area contributed by atoms with E-state index in [1.165, 1.54) is 0 Å². The third-order valence-corrected chi connectivity index (χ3v) is 5.06. The van der Waals surface area contributed by atoms with Crippen LogP contribution in [0.4, 0.5) is 4.79 Å². The van der Waals surface area contributed by atoms with E-state index >= 15 is 0 Å². The monoisotopic (exact) mass is 469 g/mol. The summed E-state index contributed by atoms with van der Waals surface area (Å²) in [6, 6.07) is 17.5. The van der Waals surface area contributed by atoms with E-state index in [4.69, 9.17) is 9.47 Å². The van der Waals surface area contributed by atoms with Crippen LogP contribution in [0.5, 0.6) is 0 Å². The van der Waals surface area contributed by atoms with Crippen molar-refractivity contribution in [3.05, 3.63) is 71.8 Å². The van der Waals surface area contributed by atoms with Crippen LogP contribution in [0.3, 0.4) is 0 Å². The van der Waals surface area contributed by atoms with E-state index in [0.29, 0.717) is 6.42 Å². The van der Waals surface area contributed by atoms with Gasteiger partial charge < -0.3 is 25.4 Å². The summed E-state index contributed by atoms with van der Waals surface area (Å²) in [5.41, 5.74) is 1.66. The lowest BCUT2D eigenvalue weighted by molar-refractivity contribution is -0.150. The Morgan fingerprint density at radius 2 is 1.29 bits per heavy atom. The molecule has 0 radical (unpaired) electrons. The van der Waals surface area contributed by atoms with Gasteiger partial charge in [0.25, 0.3) is 0 Å². The minimum atomic E-state index is -0.843. The molecule has 0 aromatic heterocycles. The van der Waals surface area contributed by atoms with E-state index in [0.717, 1.165) is 11.1 Å². The predicted molar refractivity (Wildman–Crippen MR) is 125 cm³/mol. The maximum absolute atomic E-state index is 12.5. The minimum Gasteiger partial charge on any atom is -0.459 e. The molecule has 0 saturated heterocycles. The van der Waals surface area contributed by atoms with Crippen LogP contribution in [0.2, 0.25) is 0 Å². The summed E-state index contributed by atoms with van der Waals surface area (Å²) < 4.78 is 10.4. The van der Waals surface area contributed by atoms with Crippen molar-refractivity contribution in [1.29, 1.82) is 0 Å². The number of nitrogens with one attached hydrogen (secondary N) is 3. The topological polar surface area (TPSA) is 123 Å². The highest BCUT2D eigenvalue weighted by Crippen LogP contribution is 2.11. The van der Waals surface area contributed by atoms with Crippen molar-refractivity contribution in [2.45, 2.75) is 39.5 Å². The summed E-state index contributed by atoms with van der Waals surface area (Å²) in [5.74, 6) is -1.81. The largest absolute Gasteiger partial charge is 0.459 e. The number of hydrogen-bond acceptors (Lipinski definition) is 6. The standard InChI is InChI=1S/C25H31N3O6/c1-3-18(2)23(24(31)33-16-19-10-6-4-7-11-19)28-22(30)15-26-21(29)14-27-25(32)34-17-20-12-8-5-9-13-20/h4-13,18,23H,3,14-17H2,1-2H3,(H,26,29)(H,27,32)(H,28,30)/t18-,23+/m0/s1. The fourth-order valence-electron chi connectivity index (χ4n) is 2.88. The van der Waals surface area contributed by atoms with Gasteiger partial charge in [0, 0.05) is 0 Å². The van der Waals surface area contributed by atoms with Gasteiger partial charge in [-0.1, -0.05) is 80.9 Å². The molecule has 0 aliphatic carbocycles. The molecule has 0 bridgehead atoms. The van der Waals surface area contributed by atoms with E-state index < -0.39 is 29.9 Å². The molecule has 2 atom stereocenters. The normalized spacial score (nSPS) is 12.1. The van der Waals surface area contributed by atoms with Crippen LogP contribution in [0.15, 0.2) is 60.7 Å². The third kappa shape index (κ3) is 9.72. The smallest absolute Gasteiger partial charge is 0.407 e. The molecular weight excluding hydrogens is 438 g/mol. The Labute approximate surface area is 199 Å². The van der Waals surface area contributed by atoms with E-state index in [2.05, 4.69) is 16.0 Å². The number of alkyl carbamates (subject to hydrolysis) is 1. The van der Waals surface area contributed by atoms with Crippen LogP contribution in [-0.2, 0) is 37.1 Å². The number of esters is 1. The fourth-order valence-corrected chi connectivity index (χ4v) is 2.88. The first kappa shape index (κ1) is 26.4. The third-order valence-electron chi connectivity index (χ3n) is 5.06. The Hall–Kier alpha value is -3.88. The molecule has 0 spiro atoms. The molecular formula is C25H31N3O6. The predicted octanol–water partition coefficient (Wildman–Crippen LogP) is 2.30. The van der Waals surface area contributed by atoms with Crippen LogP contribution in [0, 0.1) is 5.92 Å². The highest BCUT2D eigenvalue weighted by molar-refractivity contribution is 5.89. The highest BCUT2D eigenvalue weighted by Gasteiger charge is 2.27. The Balaban J connectivity index is 1.71. The molecule has 0 unspecified atom stereocenters. The number of carbonyl (C=O) groups is 4. The van der Waals surface area contributed by atoms with Gasteiger partial charge in [-0.25, -0.2) is 9.59 Å². The molecule has 0 aliphatic rings. The average Bonchev–Trinajstić information content (AvgIpc) is 2.87. The Morgan fingerprint density at radius 1 is 0.765 bits per heavy atom. The maximum Gasteiger partial charge on any atom is 0.407 e. The summed E-state index contributed by atoms with van der Waals surface area (Å²) in [5, 5.41) is 7.34. The zero-order valence-corrected chi connectivity index (χ0v) is 19.4. The van der Waals surface area contributed by atoms with Gasteiger partial charge in [-0.15, -0.1) is 0 Å². The van der Waals surface area contributed by atoms with Crippen molar-refractivity contribution >= 4 is 23.9 Å². The number of ether oxygens (including phenoxy) is 2. The number of hydrogen-bond donors (Lipinski definition) is 3. The van der Waals surface area contributed by atoms with Crippen molar-refractivity contribution in [3.63, 3.8) is 0 Å². The molecule has 9 nitrogen and oxygen atoms in total. The first-order valence-corrected chi connectivity index (χ1v) is 11.1. The molecule has 2 rings (SSSR count). The number of rotatable bonds is 12.